The molecule has 0 aliphatic rings. The Morgan fingerprint density at radius 2 is 1.68 bits per heavy atom. The van der Waals surface area contributed by atoms with Crippen molar-refractivity contribution in [3.63, 3.8) is 0 Å². The molecular weight excluding hydrogens is 238 g/mol. The Bertz CT molecular complexity index is 762. The molecule has 1 heterocycles. The summed E-state index contributed by atoms with van der Waals surface area (Å²) in [6.07, 6.45) is 1.61. The first kappa shape index (κ1) is 11.5. The lowest BCUT2D eigenvalue weighted by Gasteiger charge is -2.08. The molecule has 0 unspecified atom stereocenters. The summed E-state index contributed by atoms with van der Waals surface area (Å²) in [5.41, 5.74) is 0.873. The number of hydrogen-bond acceptors (Lipinski definition) is 2. The molecule has 3 aromatic rings. The Hall–Kier alpha value is -2.55. The van der Waals surface area contributed by atoms with E-state index < -0.39 is 0 Å². The molecule has 0 aliphatic carbocycles. The first-order chi connectivity index (χ1) is 9.33. The maximum Gasteiger partial charge on any atom is 0.282 e. The van der Waals surface area contributed by atoms with Crippen molar-refractivity contribution in [2.45, 2.75) is 6.61 Å². The van der Waals surface area contributed by atoms with Crippen LogP contribution in [-0.2, 0) is 6.61 Å². The van der Waals surface area contributed by atoms with Gasteiger partial charge in [0.25, 0.3) is 5.56 Å². The van der Waals surface area contributed by atoms with Gasteiger partial charge in [-0.25, -0.2) is 0 Å². The smallest absolute Gasteiger partial charge is 0.282 e. The van der Waals surface area contributed by atoms with Gasteiger partial charge in [0.1, 0.15) is 6.61 Å². The van der Waals surface area contributed by atoms with Crippen LogP contribution in [0.3, 0.4) is 0 Å². The molecule has 0 N–H and O–H groups in total. The normalized spacial score (nSPS) is 10.5. The maximum atomic E-state index is 11.5. The van der Waals surface area contributed by atoms with Crippen molar-refractivity contribution in [2.24, 2.45) is 0 Å². The van der Waals surface area contributed by atoms with Gasteiger partial charge in [0.15, 0.2) is 0 Å². The predicted molar refractivity (Wildman–Crippen MR) is 74.9 cm³/mol. The Morgan fingerprint density at radius 3 is 2.53 bits per heavy atom. The SMILES string of the molecule is O=c1ccccn1OCc1ccc2ccccc2c1. The number of nitrogens with zero attached hydrogens (tertiary/aromatic N) is 1. The molecule has 3 heteroatoms. The van der Waals surface area contributed by atoms with E-state index in [0.29, 0.717) is 6.61 Å². The number of benzene rings is 2. The Morgan fingerprint density at radius 1 is 0.895 bits per heavy atom. The number of fused-ring (bicyclic) bond motifs is 1. The highest BCUT2D eigenvalue weighted by molar-refractivity contribution is 5.82. The van der Waals surface area contributed by atoms with Crippen molar-refractivity contribution >= 4 is 10.8 Å². The average Bonchev–Trinajstić information content (AvgIpc) is 2.46. The summed E-state index contributed by atoms with van der Waals surface area (Å²) < 4.78 is 1.25. The van der Waals surface area contributed by atoms with E-state index in [-0.39, 0.29) is 5.56 Å². The van der Waals surface area contributed by atoms with Gasteiger partial charge in [0, 0.05) is 12.3 Å². The van der Waals surface area contributed by atoms with Crippen LogP contribution in [0.1, 0.15) is 5.56 Å². The van der Waals surface area contributed by atoms with E-state index in [4.69, 9.17) is 4.84 Å². The highest BCUT2D eigenvalue weighted by Gasteiger charge is 1.98. The molecule has 3 rings (SSSR count). The van der Waals surface area contributed by atoms with Crippen molar-refractivity contribution in [1.29, 1.82) is 0 Å². The molecular formula is C16H13NO2. The van der Waals surface area contributed by atoms with Crippen LogP contribution in [-0.4, -0.2) is 4.73 Å². The van der Waals surface area contributed by atoms with Crippen molar-refractivity contribution < 1.29 is 4.84 Å². The molecule has 0 atom stereocenters. The van der Waals surface area contributed by atoms with Crippen LogP contribution in [0.25, 0.3) is 10.8 Å². The Labute approximate surface area is 110 Å². The molecule has 2 aromatic carbocycles. The first-order valence-corrected chi connectivity index (χ1v) is 6.11. The second-order valence-corrected chi connectivity index (χ2v) is 4.32. The molecule has 0 spiro atoms. The number of aromatic nitrogens is 1. The summed E-state index contributed by atoms with van der Waals surface area (Å²) in [5, 5.41) is 2.37. The minimum atomic E-state index is -0.164. The van der Waals surface area contributed by atoms with Crippen LogP contribution in [0.15, 0.2) is 71.7 Å². The van der Waals surface area contributed by atoms with Crippen molar-refractivity contribution in [2.75, 3.05) is 0 Å². The van der Waals surface area contributed by atoms with E-state index >= 15 is 0 Å². The zero-order chi connectivity index (χ0) is 13.1. The quantitative estimate of drug-likeness (QED) is 0.716. The molecule has 0 bridgehead atoms. The highest BCUT2D eigenvalue weighted by atomic mass is 16.7. The Balaban J connectivity index is 1.82. The van der Waals surface area contributed by atoms with E-state index in [1.54, 1.807) is 18.3 Å². The summed E-state index contributed by atoms with van der Waals surface area (Å²) in [4.78, 5) is 17.0. The number of pyridine rings is 1. The largest absolute Gasteiger partial charge is 0.406 e. The number of hydrogen-bond donors (Lipinski definition) is 0. The summed E-state index contributed by atoms with van der Waals surface area (Å²) in [7, 11) is 0. The zero-order valence-electron chi connectivity index (χ0n) is 10.3. The first-order valence-electron chi connectivity index (χ1n) is 6.11. The number of rotatable bonds is 3. The van der Waals surface area contributed by atoms with Gasteiger partial charge in [-0.05, 0) is 28.5 Å². The van der Waals surface area contributed by atoms with E-state index in [2.05, 4.69) is 24.3 Å². The molecule has 0 aliphatic heterocycles. The highest BCUT2D eigenvalue weighted by Crippen LogP contribution is 2.15. The van der Waals surface area contributed by atoms with E-state index in [0.717, 1.165) is 5.56 Å². The fourth-order valence-corrected chi connectivity index (χ4v) is 1.99. The van der Waals surface area contributed by atoms with Crippen LogP contribution in [0, 0.1) is 0 Å². The third-order valence-corrected chi connectivity index (χ3v) is 2.97. The van der Waals surface area contributed by atoms with Gasteiger partial charge < -0.3 is 4.84 Å². The zero-order valence-corrected chi connectivity index (χ0v) is 10.3. The maximum absolute atomic E-state index is 11.5. The fourth-order valence-electron chi connectivity index (χ4n) is 1.99. The molecule has 1 aromatic heterocycles. The third kappa shape index (κ3) is 2.50. The van der Waals surface area contributed by atoms with Gasteiger partial charge >= 0.3 is 0 Å². The van der Waals surface area contributed by atoms with Crippen molar-refractivity contribution in [1.82, 2.24) is 4.73 Å². The average molecular weight is 251 g/mol. The van der Waals surface area contributed by atoms with Gasteiger partial charge in [-0.1, -0.05) is 42.5 Å². The minimum Gasteiger partial charge on any atom is -0.406 e. The molecule has 0 amide bonds. The molecule has 0 fully saturated rings. The Kier molecular flexibility index (Phi) is 3.02. The van der Waals surface area contributed by atoms with Crippen molar-refractivity contribution in [3.8, 4) is 0 Å². The van der Waals surface area contributed by atoms with Crippen LogP contribution < -0.4 is 10.4 Å². The van der Waals surface area contributed by atoms with E-state index in [9.17, 15) is 4.79 Å². The van der Waals surface area contributed by atoms with Crippen molar-refractivity contribution in [3.05, 3.63) is 82.8 Å². The molecule has 3 nitrogen and oxygen atoms in total. The summed E-state index contributed by atoms with van der Waals surface area (Å²) in [6.45, 7) is 0.370. The van der Waals surface area contributed by atoms with Gasteiger partial charge in [0.05, 0.1) is 0 Å². The van der Waals surface area contributed by atoms with Crippen LogP contribution in [0.2, 0.25) is 0 Å². The van der Waals surface area contributed by atoms with Gasteiger partial charge in [-0.2, -0.15) is 4.73 Å². The predicted octanol–water partition coefficient (Wildman–Crippen LogP) is 2.63. The van der Waals surface area contributed by atoms with Crippen LogP contribution in [0.5, 0.6) is 0 Å². The third-order valence-electron chi connectivity index (χ3n) is 2.97. The van der Waals surface area contributed by atoms with Crippen LogP contribution in [0.4, 0.5) is 0 Å². The molecule has 0 radical (unpaired) electrons. The topological polar surface area (TPSA) is 31.2 Å². The molecule has 94 valence electrons. The lowest BCUT2D eigenvalue weighted by Crippen LogP contribution is -2.24. The minimum absolute atomic E-state index is 0.164. The summed E-state index contributed by atoms with van der Waals surface area (Å²) in [5.74, 6) is 0. The standard InChI is InChI=1S/C16H13NO2/c18-16-7-3-4-10-17(16)19-12-13-8-9-14-5-1-2-6-15(14)11-13/h1-11H,12H2. The lowest BCUT2D eigenvalue weighted by molar-refractivity contribution is 0.0892. The summed E-state index contributed by atoms with van der Waals surface area (Å²) >= 11 is 0. The molecule has 0 saturated carbocycles. The van der Waals surface area contributed by atoms with Crippen LogP contribution >= 0.6 is 0 Å². The summed E-state index contributed by atoms with van der Waals surface area (Å²) in [6, 6.07) is 19.2. The van der Waals surface area contributed by atoms with Gasteiger partial charge in [0.2, 0.25) is 0 Å². The van der Waals surface area contributed by atoms with Gasteiger partial charge in [-0.15, -0.1) is 0 Å². The fraction of sp³-hybridized carbons (Fsp3) is 0.0625. The second kappa shape index (κ2) is 4.98. The molecule has 19 heavy (non-hydrogen) atoms. The second-order valence-electron chi connectivity index (χ2n) is 4.32. The van der Waals surface area contributed by atoms with E-state index in [1.807, 2.05) is 18.2 Å². The molecule has 0 saturated heterocycles. The monoisotopic (exact) mass is 251 g/mol. The van der Waals surface area contributed by atoms with E-state index in [1.165, 1.54) is 21.6 Å². The lowest BCUT2D eigenvalue weighted by atomic mass is 10.1. The van der Waals surface area contributed by atoms with Gasteiger partial charge in [-0.3, -0.25) is 4.79 Å².